The van der Waals surface area contributed by atoms with Crippen LogP contribution in [0.1, 0.15) is 10.4 Å². The van der Waals surface area contributed by atoms with Crippen LogP contribution in [0.3, 0.4) is 0 Å². The maximum Gasteiger partial charge on any atom is 0.259 e. The SMILES string of the molecule is COc1ccc(-c2nn(-c3ccccc3)cc2C(=O)Nc2ccc(-c3cnco3)cc2)cc1. The van der Waals surface area contributed by atoms with Crippen LogP contribution in [0.5, 0.6) is 5.75 Å². The Kier molecular flexibility index (Phi) is 5.43. The average molecular weight is 436 g/mol. The van der Waals surface area contributed by atoms with E-state index in [1.54, 1.807) is 24.2 Å². The fraction of sp³-hybridized carbons (Fsp3) is 0.0385. The molecule has 0 aliphatic carbocycles. The zero-order chi connectivity index (χ0) is 22.6. The third-order valence-corrected chi connectivity index (χ3v) is 5.20. The largest absolute Gasteiger partial charge is 0.497 e. The van der Waals surface area contributed by atoms with Gasteiger partial charge in [0.1, 0.15) is 11.4 Å². The Labute approximate surface area is 190 Å². The van der Waals surface area contributed by atoms with Crippen molar-refractivity contribution >= 4 is 11.6 Å². The van der Waals surface area contributed by atoms with E-state index in [1.165, 1.54) is 6.39 Å². The van der Waals surface area contributed by atoms with Gasteiger partial charge in [-0.3, -0.25) is 4.79 Å². The molecule has 0 fully saturated rings. The van der Waals surface area contributed by atoms with E-state index in [0.717, 1.165) is 22.6 Å². The van der Waals surface area contributed by atoms with Gasteiger partial charge in [0.2, 0.25) is 0 Å². The van der Waals surface area contributed by atoms with Gasteiger partial charge in [0.05, 0.1) is 24.6 Å². The van der Waals surface area contributed by atoms with Crippen LogP contribution in [0.15, 0.2) is 102 Å². The highest BCUT2D eigenvalue weighted by Gasteiger charge is 2.19. The Balaban J connectivity index is 1.47. The van der Waals surface area contributed by atoms with E-state index >= 15 is 0 Å². The lowest BCUT2D eigenvalue weighted by molar-refractivity contribution is 0.102. The molecule has 5 rings (SSSR count). The summed E-state index contributed by atoms with van der Waals surface area (Å²) in [6, 6.07) is 24.5. The second-order valence-corrected chi connectivity index (χ2v) is 7.30. The summed E-state index contributed by atoms with van der Waals surface area (Å²) >= 11 is 0. The van der Waals surface area contributed by atoms with Gasteiger partial charge < -0.3 is 14.5 Å². The lowest BCUT2D eigenvalue weighted by Crippen LogP contribution is -2.12. The molecule has 0 atom stereocenters. The number of hydrogen-bond acceptors (Lipinski definition) is 5. The summed E-state index contributed by atoms with van der Waals surface area (Å²) in [6.45, 7) is 0. The van der Waals surface area contributed by atoms with Crippen molar-refractivity contribution in [3.63, 3.8) is 0 Å². The molecular weight excluding hydrogens is 416 g/mol. The van der Waals surface area contributed by atoms with Crippen molar-refractivity contribution in [2.45, 2.75) is 0 Å². The molecule has 7 nitrogen and oxygen atoms in total. The quantitative estimate of drug-likeness (QED) is 0.382. The molecule has 33 heavy (non-hydrogen) atoms. The number of oxazole rings is 1. The van der Waals surface area contributed by atoms with Crippen LogP contribution in [0, 0.1) is 0 Å². The van der Waals surface area contributed by atoms with E-state index in [4.69, 9.17) is 14.3 Å². The van der Waals surface area contributed by atoms with Gasteiger partial charge in [0, 0.05) is 23.0 Å². The van der Waals surface area contributed by atoms with Gasteiger partial charge in [-0.1, -0.05) is 18.2 Å². The minimum Gasteiger partial charge on any atom is -0.497 e. The topological polar surface area (TPSA) is 82.2 Å². The number of aromatic nitrogens is 3. The number of anilines is 1. The van der Waals surface area contributed by atoms with E-state index < -0.39 is 0 Å². The number of methoxy groups -OCH3 is 1. The average Bonchev–Trinajstić information content (AvgIpc) is 3.56. The molecule has 0 aliphatic rings. The first kappa shape index (κ1) is 20.3. The summed E-state index contributed by atoms with van der Waals surface area (Å²) < 4.78 is 12.3. The van der Waals surface area contributed by atoms with Crippen LogP contribution in [-0.2, 0) is 0 Å². The van der Waals surface area contributed by atoms with Gasteiger partial charge in [-0.05, 0) is 60.7 Å². The standard InChI is InChI=1S/C26H20N4O3/c1-32-22-13-9-19(10-14-22)25-23(16-30(29-25)21-5-3-2-4-6-21)26(31)28-20-11-7-18(8-12-20)24-15-27-17-33-24/h2-17H,1H3,(H,28,31). The number of benzene rings is 3. The number of carbonyl (C=O) groups excluding carboxylic acids is 1. The highest BCUT2D eigenvalue weighted by atomic mass is 16.5. The fourth-order valence-corrected chi connectivity index (χ4v) is 3.49. The zero-order valence-corrected chi connectivity index (χ0v) is 17.8. The number of para-hydroxylation sites is 1. The third kappa shape index (κ3) is 4.24. The van der Waals surface area contributed by atoms with Gasteiger partial charge in [0.25, 0.3) is 5.91 Å². The zero-order valence-electron chi connectivity index (χ0n) is 17.8. The monoisotopic (exact) mass is 436 g/mol. The summed E-state index contributed by atoms with van der Waals surface area (Å²) in [5.74, 6) is 1.15. The molecule has 3 aromatic carbocycles. The maximum atomic E-state index is 13.3. The molecule has 0 radical (unpaired) electrons. The van der Waals surface area contributed by atoms with Gasteiger partial charge >= 0.3 is 0 Å². The number of amides is 1. The van der Waals surface area contributed by atoms with Crippen molar-refractivity contribution in [2.75, 3.05) is 12.4 Å². The van der Waals surface area contributed by atoms with Gasteiger partial charge in [0.15, 0.2) is 12.2 Å². The first-order valence-corrected chi connectivity index (χ1v) is 10.3. The van der Waals surface area contributed by atoms with E-state index in [9.17, 15) is 4.79 Å². The van der Waals surface area contributed by atoms with Crippen molar-refractivity contribution in [1.82, 2.24) is 14.8 Å². The predicted molar refractivity (Wildman–Crippen MR) is 125 cm³/mol. The molecular formula is C26H20N4O3. The van der Waals surface area contributed by atoms with Crippen LogP contribution in [0.4, 0.5) is 5.69 Å². The first-order valence-electron chi connectivity index (χ1n) is 10.3. The molecule has 2 aromatic heterocycles. The lowest BCUT2D eigenvalue weighted by Gasteiger charge is -2.07. The van der Waals surface area contributed by atoms with Crippen LogP contribution >= 0.6 is 0 Å². The highest BCUT2D eigenvalue weighted by molar-refractivity contribution is 6.08. The van der Waals surface area contributed by atoms with Crippen molar-refractivity contribution in [3.8, 4) is 34.0 Å². The molecule has 1 amide bonds. The minimum absolute atomic E-state index is 0.254. The maximum absolute atomic E-state index is 13.3. The van der Waals surface area contributed by atoms with Crippen molar-refractivity contribution in [2.24, 2.45) is 0 Å². The fourth-order valence-electron chi connectivity index (χ4n) is 3.49. The summed E-state index contributed by atoms with van der Waals surface area (Å²) in [6.07, 6.45) is 4.77. The predicted octanol–water partition coefficient (Wildman–Crippen LogP) is 5.46. The molecule has 5 aromatic rings. The van der Waals surface area contributed by atoms with Crippen LogP contribution < -0.4 is 10.1 Å². The number of carbonyl (C=O) groups is 1. The Hall–Kier alpha value is -4.65. The number of hydrogen-bond donors (Lipinski definition) is 1. The highest BCUT2D eigenvalue weighted by Crippen LogP contribution is 2.27. The molecule has 162 valence electrons. The summed E-state index contributed by atoms with van der Waals surface area (Å²) in [5, 5.41) is 7.68. The molecule has 2 heterocycles. The normalized spacial score (nSPS) is 10.7. The first-order chi connectivity index (χ1) is 16.2. The molecule has 0 aliphatic heterocycles. The molecule has 0 spiro atoms. The molecule has 0 saturated heterocycles. The van der Waals surface area contributed by atoms with Crippen molar-refractivity contribution in [3.05, 3.63) is 103 Å². The van der Waals surface area contributed by atoms with E-state index in [-0.39, 0.29) is 5.91 Å². The Morgan fingerprint density at radius 2 is 1.67 bits per heavy atom. The van der Waals surface area contributed by atoms with Crippen molar-refractivity contribution in [1.29, 1.82) is 0 Å². The minimum atomic E-state index is -0.254. The Morgan fingerprint density at radius 1 is 0.939 bits per heavy atom. The van der Waals surface area contributed by atoms with Crippen LogP contribution in [0.2, 0.25) is 0 Å². The summed E-state index contributed by atoms with van der Waals surface area (Å²) in [4.78, 5) is 17.2. The number of nitrogens with zero attached hydrogens (tertiary/aromatic N) is 3. The second-order valence-electron chi connectivity index (χ2n) is 7.30. The molecule has 0 bridgehead atoms. The smallest absolute Gasteiger partial charge is 0.259 e. The van der Waals surface area contributed by atoms with Crippen molar-refractivity contribution < 1.29 is 13.9 Å². The summed E-state index contributed by atoms with van der Waals surface area (Å²) in [5.41, 5.74) is 4.26. The van der Waals surface area contributed by atoms with Gasteiger partial charge in [-0.2, -0.15) is 5.10 Å². The number of nitrogens with one attached hydrogen (secondary N) is 1. The molecule has 0 unspecified atom stereocenters. The number of rotatable bonds is 6. The van der Waals surface area contributed by atoms with E-state index in [2.05, 4.69) is 10.3 Å². The van der Waals surface area contributed by atoms with Crippen LogP contribution in [-0.4, -0.2) is 27.8 Å². The Morgan fingerprint density at radius 3 is 2.33 bits per heavy atom. The summed E-state index contributed by atoms with van der Waals surface area (Å²) in [7, 11) is 1.62. The van der Waals surface area contributed by atoms with Gasteiger partial charge in [-0.25, -0.2) is 9.67 Å². The number of ether oxygens (including phenoxy) is 1. The molecule has 7 heteroatoms. The van der Waals surface area contributed by atoms with Gasteiger partial charge in [-0.15, -0.1) is 0 Å². The Bertz CT molecular complexity index is 1360. The second kappa shape index (κ2) is 8.84. The van der Waals surface area contributed by atoms with E-state index in [0.29, 0.717) is 22.7 Å². The third-order valence-electron chi connectivity index (χ3n) is 5.20. The van der Waals surface area contributed by atoms with E-state index in [1.807, 2.05) is 78.9 Å². The molecule has 1 N–H and O–H groups in total. The lowest BCUT2D eigenvalue weighted by atomic mass is 10.1. The van der Waals surface area contributed by atoms with Crippen LogP contribution in [0.25, 0.3) is 28.3 Å². The molecule has 0 saturated carbocycles.